The van der Waals surface area contributed by atoms with Crippen LogP contribution in [0.1, 0.15) is 5.69 Å². The molecule has 0 saturated carbocycles. The number of nitrogen functional groups attached to an aromatic ring is 1. The Kier molecular flexibility index (Phi) is 5.05. The highest BCUT2D eigenvalue weighted by molar-refractivity contribution is 5.67. The van der Waals surface area contributed by atoms with E-state index in [2.05, 4.69) is 25.0 Å². The van der Waals surface area contributed by atoms with Crippen LogP contribution in [0.4, 0.5) is 39.3 Å². The molecule has 160 valence electrons. The third-order valence-corrected chi connectivity index (χ3v) is 4.11. The first-order chi connectivity index (χ1) is 14.7. The summed E-state index contributed by atoms with van der Waals surface area (Å²) in [5, 5.41) is 2.85. The van der Waals surface area contributed by atoms with Crippen LogP contribution >= 0.6 is 0 Å². The number of rotatable bonds is 5. The number of hydrogen-bond acceptors (Lipinski definition) is 6. The minimum atomic E-state index is -4.75. The minimum absolute atomic E-state index is 0.0519. The largest absolute Gasteiger partial charge is 0.435 e. The molecular formula is C19H13F5N6O. The van der Waals surface area contributed by atoms with Crippen molar-refractivity contribution in [2.45, 2.75) is 12.8 Å². The van der Waals surface area contributed by atoms with Gasteiger partial charge in [0.25, 0.3) is 0 Å². The Labute approximate surface area is 171 Å². The molecular weight excluding hydrogens is 423 g/mol. The van der Waals surface area contributed by atoms with E-state index in [1.165, 1.54) is 47.0 Å². The quantitative estimate of drug-likeness (QED) is 0.440. The maximum Gasteiger partial charge on any atom is 0.435 e. The summed E-state index contributed by atoms with van der Waals surface area (Å²) in [6.07, 6.45) is -3.34. The third kappa shape index (κ3) is 4.32. The first-order valence-corrected chi connectivity index (χ1v) is 8.72. The fraction of sp³-hybridized carbons (Fsp3) is 0.105. The lowest BCUT2D eigenvalue weighted by molar-refractivity contribution is -0.140. The van der Waals surface area contributed by atoms with Crippen molar-refractivity contribution in [2.75, 3.05) is 11.1 Å². The van der Waals surface area contributed by atoms with Crippen molar-refractivity contribution >= 4 is 23.0 Å². The van der Waals surface area contributed by atoms with Gasteiger partial charge in [-0.2, -0.15) is 22.0 Å². The number of aromatic nitrogens is 4. The third-order valence-electron chi connectivity index (χ3n) is 4.11. The van der Waals surface area contributed by atoms with Gasteiger partial charge in [-0.1, -0.05) is 6.07 Å². The van der Waals surface area contributed by atoms with Gasteiger partial charge >= 0.3 is 12.8 Å². The molecule has 0 fully saturated rings. The van der Waals surface area contributed by atoms with E-state index >= 15 is 0 Å². The van der Waals surface area contributed by atoms with Crippen molar-refractivity contribution in [3.05, 3.63) is 60.4 Å². The highest BCUT2D eigenvalue weighted by atomic mass is 19.4. The van der Waals surface area contributed by atoms with Gasteiger partial charge in [-0.25, -0.2) is 15.0 Å². The van der Waals surface area contributed by atoms with Crippen LogP contribution in [0.5, 0.6) is 5.75 Å². The van der Waals surface area contributed by atoms with E-state index in [-0.39, 0.29) is 34.6 Å². The Hall–Kier alpha value is -3.96. The lowest BCUT2D eigenvalue weighted by Crippen LogP contribution is -2.10. The second-order valence-electron chi connectivity index (χ2n) is 6.27. The van der Waals surface area contributed by atoms with E-state index in [1.54, 1.807) is 12.1 Å². The van der Waals surface area contributed by atoms with Crippen molar-refractivity contribution in [3.8, 4) is 17.3 Å². The molecule has 0 aliphatic rings. The average Bonchev–Trinajstić information content (AvgIpc) is 3.09. The number of halogens is 5. The van der Waals surface area contributed by atoms with Crippen molar-refractivity contribution in [1.82, 2.24) is 19.4 Å². The Morgan fingerprint density at radius 1 is 1.00 bits per heavy atom. The van der Waals surface area contributed by atoms with Crippen LogP contribution in [0.2, 0.25) is 0 Å². The highest BCUT2D eigenvalue weighted by Crippen LogP contribution is 2.36. The molecule has 0 unspecified atom stereocenters. The van der Waals surface area contributed by atoms with E-state index < -0.39 is 18.5 Å². The molecule has 4 rings (SSSR count). The van der Waals surface area contributed by atoms with Gasteiger partial charge in [0.1, 0.15) is 28.7 Å². The number of alkyl halides is 5. The van der Waals surface area contributed by atoms with Crippen molar-refractivity contribution < 1.29 is 26.7 Å². The number of nitrogens with one attached hydrogen (secondary N) is 1. The lowest BCUT2D eigenvalue weighted by atomic mass is 10.2. The molecule has 0 aliphatic heterocycles. The number of nitrogens with zero attached hydrogens (tertiary/aromatic N) is 4. The minimum Gasteiger partial charge on any atom is -0.435 e. The summed E-state index contributed by atoms with van der Waals surface area (Å²) in [6.45, 7) is -2.96. The molecule has 0 aliphatic carbocycles. The van der Waals surface area contributed by atoms with E-state index in [4.69, 9.17) is 5.73 Å². The molecule has 0 radical (unpaired) electrons. The molecule has 0 bridgehead atoms. The molecule has 3 N–H and O–H groups in total. The van der Waals surface area contributed by atoms with Gasteiger partial charge in [-0.3, -0.25) is 4.40 Å². The fourth-order valence-corrected chi connectivity index (χ4v) is 2.91. The summed E-state index contributed by atoms with van der Waals surface area (Å²) in [7, 11) is 0. The molecule has 7 nitrogen and oxygen atoms in total. The number of nitrogens with two attached hydrogens (primary N) is 1. The monoisotopic (exact) mass is 436 g/mol. The smallest absolute Gasteiger partial charge is 0.435 e. The van der Waals surface area contributed by atoms with E-state index in [1.807, 2.05) is 0 Å². The van der Waals surface area contributed by atoms with Gasteiger partial charge in [-0.05, 0) is 36.4 Å². The van der Waals surface area contributed by atoms with Crippen LogP contribution in [0.3, 0.4) is 0 Å². The maximum absolute atomic E-state index is 13.6. The highest BCUT2D eigenvalue weighted by Gasteiger charge is 2.39. The first-order valence-electron chi connectivity index (χ1n) is 8.72. The van der Waals surface area contributed by atoms with Gasteiger partial charge in [0.2, 0.25) is 0 Å². The zero-order valence-electron chi connectivity index (χ0n) is 15.4. The van der Waals surface area contributed by atoms with Gasteiger partial charge in [-0.15, -0.1) is 0 Å². The molecule has 0 spiro atoms. The van der Waals surface area contributed by atoms with Crippen molar-refractivity contribution in [3.63, 3.8) is 0 Å². The normalized spacial score (nSPS) is 11.8. The Morgan fingerprint density at radius 3 is 2.42 bits per heavy atom. The zero-order valence-corrected chi connectivity index (χ0v) is 15.4. The summed E-state index contributed by atoms with van der Waals surface area (Å²) in [6, 6.07) is 11.3. The molecule has 3 heterocycles. The van der Waals surface area contributed by atoms with E-state index in [0.29, 0.717) is 5.69 Å². The molecule has 0 atom stereocenters. The Bertz CT molecular complexity index is 1220. The Balaban J connectivity index is 1.74. The summed E-state index contributed by atoms with van der Waals surface area (Å²) in [5.41, 5.74) is 4.77. The molecule has 31 heavy (non-hydrogen) atoms. The molecule has 0 saturated heterocycles. The summed E-state index contributed by atoms with van der Waals surface area (Å²) in [5.74, 6) is -0.316. The van der Waals surface area contributed by atoms with Crippen LogP contribution in [0.15, 0.2) is 54.7 Å². The van der Waals surface area contributed by atoms with Crippen LogP contribution in [-0.4, -0.2) is 26.0 Å². The van der Waals surface area contributed by atoms with Crippen LogP contribution in [0.25, 0.3) is 17.2 Å². The van der Waals surface area contributed by atoms with Crippen molar-refractivity contribution in [2.24, 2.45) is 0 Å². The van der Waals surface area contributed by atoms with Gasteiger partial charge in [0.15, 0.2) is 11.5 Å². The molecule has 3 aromatic heterocycles. The number of anilines is 3. The van der Waals surface area contributed by atoms with Crippen LogP contribution < -0.4 is 15.8 Å². The number of benzene rings is 1. The van der Waals surface area contributed by atoms with Gasteiger partial charge in [0.05, 0.1) is 0 Å². The number of fused-ring (bicyclic) bond motifs is 1. The van der Waals surface area contributed by atoms with Crippen LogP contribution in [0, 0.1) is 0 Å². The summed E-state index contributed by atoms with van der Waals surface area (Å²) < 4.78 is 70.8. The molecule has 12 heteroatoms. The molecule has 1 aromatic carbocycles. The number of ether oxygens (including phenoxy) is 1. The summed E-state index contributed by atoms with van der Waals surface area (Å²) >= 11 is 0. The van der Waals surface area contributed by atoms with E-state index in [0.717, 1.165) is 0 Å². The second kappa shape index (κ2) is 7.70. The molecule has 4 aromatic rings. The SMILES string of the molecule is Nc1cc(Nc2ccc(OC(F)F)cc2)nc(-c2c(C(F)(F)F)nc3ccccn23)n1. The number of imidazole rings is 1. The summed E-state index contributed by atoms with van der Waals surface area (Å²) in [4.78, 5) is 11.8. The topological polar surface area (TPSA) is 90.4 Å². The van der Waals surface area contributed by atoms with Gasteiger partial charge in [0, 0.05) is 18.0 Å². The van der Waals surface area contributed by atoms with Crippen LogP contribution in [-0.2, 0) is 6.18 Å². The number of hydrogen-bond donors (Lipinski definition) is 2. The average molecular weight is 436 g/mol. The predicted molar refractivity (Wildman–Crippen MR) is 102 cm³/mol. The fourth-order valence-electron chi connectivity index (χ4n) is 2.91. The number of pyridine rings is 1. The predicted octanol–water partition coefficient (Wildman–Crippen LogP) is 4.74. The standard InChI is InChI=1S/C19H13F5N6O/c20-18(21)31-11-6-4-10(5-7-11)26-13-9-12(25)27-17(28-13)15-16(19(22,23)24)29-14-3-1-2-8-30(14)15/h1-9,18H,(H3,25,26,27,28). The lowest BCUT2D eigenvalue weighted by Gasteiger charge is -2.11. The Morgan fingerprint density at radius 2 is 1.74 bits per heavy atom. The zero-order chi connectivity index (χ0) is 22.2. The van der Waals surface area contributed by atoms with Crippen molar-refractivity contribution in [1.29, 1.82) is 0 Å². The van der Waals surface area contributed by atoms with Gasteiger partial charge < -0.3 is 15.8 Å². The van der Waals surface area contributed by atoms with E-state index in [9.17, 15) is 22.0 Å². The second-order valence-corrected chi connectivity index (χ2v) is 6.27. The first kappa shape index (κ1) is 20.3. The molecule has 0 amide bonds. The maximum atomic E-state index is 13.6.